The van der Waals surface area contributed by atoms with Crippen LogP contribution in [0, 0.1) is 22.7 Å². The normalized spacial score (nSPS) is 29.8. The number of hydrogen-bond donors (Lipinski definition) is 2. The largest absolute Gasteiger partial charge is 0.481 e. The van der Waals surface area contributed by atoms with Gasteiger partial charge in [-0.2, -0.15) is 0 Å². The van der Waals surface area contributed by atoms with Crippen LogP contribution in [0.15, 0.2) is 0 Å². The lowest BCUT2D eigenvalue weighted by atomic mass is 9.50. The lowest BCUT2D eigenvalue weighted by Crippen LogP contribution is -2.57. The Hall–Kier alpha value is -1.06. The Balaban J connectivity index is 3.21. The quantitative estimate of drug-likeness (QED) is 0.739. The molecule has 2 atom stereocenters. The summed E-state index contributed by atoms with van der Waals surface area (Å²) >= 11 is 0. The first-order valence-corrected chi connectivity index (χ1v) is 8.17. The molecule has 21 heavy (non-hydrogen) atoms. The number of aliphatic carboxylic acids is 2. The average Bonchev–Trinajstić information content (AvgIpc) is 2.37. The number of hydrogen-bond acceptors (Lipinski definition) is 2. The molecule has 0 radical (unpaired) electrons. The van der Waals surface area contributed by atoms with Crippen molar-refractivity contribution >= 4 is 11.9 Å². The molecule has 2 unspecified atom stereocenters. The molecule has 1 aliphatic carbocycles. The Kier molecular flexibility index (Phi) is 5.83. The van der Waals surface area contributed by atoms with Gasteiger partial charge in [0.1, 0.15) is 0 Å². The molecule has 0 saturated heterocycles. The van der Waals surface area contributed by atoms with E-state index >= 15 is 0 Å². The van der Waals surface area contributed by atoms with Crippen molar-refractivity contribution < 1.29 is 19.8 Å². The summed E-state index contributed by atoms with van der Waals surface area (Å²) < 4.78 is 0. The number of rotatable bonds is 7. The summed E-state index contributed by atoms with van der Waals surface area (Å²) in [5.74, 6) is -1.51. The number of carboxylic acids is 2. The SMILES string of the molecule is CC(C)CCCC1(C(=O)O)CCCCC1(C(=O)O)C(C)C. The monoisotopic (exact) mass is 298 g/mol. The molecule has 122 valence electrons. The minimum Gasteiger partial charge on any atom is -0.481 e. The van der Waals surface area contributed by atoms with Gasteiger partial charge in [-0.3, -0.25) is 9.59 Å². The second kappa shape index (κ2) is 6.80. The molecule has 0 aromatic rings. The molecule has 0 bridgehead atoms. The average molecular weight is 298 g/mol. The van der Waals surface area contributed by atoms with Gasteiger partial charge in [0.05, 0.1) is 10.8 Å². The van der Waals surface area contributed by atoms with Gasteiger partial charge in [-0.1, -0.05) is 53.4 Å². The lowest BCUT2D eigenvalue weighted by Gasteiger charge is -2.51. The van der Waals surface area contributed by atoms with E-state index in [1.54, 1.807) is 0 Å². The first-order valence-electron chi connectivity index (χ1n) is 8.17. The molecule has 0 aromatic heterocycles. The highest BCUT2D eigenvalue weighted by Gasteiger charge is 2.63. The summed E-state index contributed by atoms with van der Waals surface area (Å²) in [6, 6.07) is 0. The topological polar surface area (TPSA) is 74.6 Å². The van der Waals surface area contributed by atoms with E-state index in [0.717, 1.165) is 25.7 Å². The van der Waals surface area contributed by atoms with Crippen LogP contribution >= 0.6 is 0 Å². The van der Waals surface area contributed by atoms with Gasteiger partial charge >= 0.3 is 11.9 Å². The van der Waals surface area contributed by atoms with Crippen LogP contribution < -0.4 is 0 Å². The standard InChI is InChI=1S/C17H30O4/c1-12(2)8-7-10-16(14(18)19)9-5-6-11-17(16,13(3)4)15(20)21/h12-13H,5-11H2,1-4H3,(H,18,19)(H,20,21). The maximum absolute atomic E-state index is 12.1. The van der Waals surface area contributed by atoms with Crippen LogP contribution in [-0.4, -0.2) is 22.2 Å². The molecule has 1 rings (SSSR count). The first kappa shape index (κ1) is 18.0. The molecule has 1 saturated carbocycles. The van der Waals surface area contributed by atoms with Crippen molar-refractivity contribution in [3.8, 4) is 0 Å². The van der Waals surface area contributed by atoms with Crippen LogP contribution in [0.3, 0.4) is 0 Å². The molecule has 2 N–H and O–H groups in total. The molecule has 1 fully saturated rings. The van der Waals surface area contributed by atoms with Crippen LogP contribution in [0.25, 0.3) is 0 Å². The predicted molar refractivity (Wildman–Crippen MR) is 82.1 cm³/mol. The Morgan fingerprint density at radius 3 is 2.00 bits per heavy atom. The van der Waals surface area contributed by atoms with Gasteiger partial charge in [-0.15, -0.1) is 0 Å². The highest BCUT2D eigenvalue weighted by atomic mass is 16.4. The van der Waals surface area contributed by atoms with Gasteiger partial charge in [0.2, 0.25) is 0 Å². The molecule has 0 heterocycles. The molecule has 4 nitrogen and oxygen atoms in total. The minimum absolute atomic E-state index is 0.176. The van der Waals surface area contributed by atoms with E-state index in [4.69, 9.17) is 0 Å². The highest BCUT2D eigenvalue weighted by molar-refractivity contribution is 5.87. The molecule has 0 spiro atoms. The van der Waals surface area contributed by atoms with Crippen LogP contribution in [0.2, 0.25) is 0 Å². The number of carbonyl (C=O) groups is 2. The summed E-state index contributed by atoms with van der Waals surface area (Å²) in [7, 11) is 0. The van der Waals surface area contributed by atoms with Crippen LogP contribution in [0.4, 0.5) is 0 Å². The maximum Gasteiger partial charge on any atom is 0.311 e. The van der Waals surface area contributed by atoms with E-state index in [2.05, 4.69) is 13.8 Å². The zero-order valence-electron chi connectivity index (χ0n) is 13.8. The minimum atomic E-state index is -1.13. The van der Waals surface area contributed by atoms with E-state index in [1.165, 1.54) is 0 Å². The molecule has 4 heteroatoms. The fourth-order valence-electron chi connectivity index (χ4n) is 4.26. The molecular weight excluding hydrogens is 268 g/mol. The van der Waals surface area contributed by atoms with Crippen LogP contribution in [0.1, 0.15) is 72.6 Å². The Morgan fingerprint density at radius 2 is 1.57 bits per heavy atom. The van der Waals surface area contributed by atoms with Gasteiger partial charge in [0.15, 0.2) is 0 Å². The van der Waals surface area contributed by atoms with Gasteiger partial charge < -0.3 is 10.2 Å². The predicted octanol–water partition coefficient (Wildman–Crippen LogP) is 4.18. The van der Waals surface area contributed by atoms with Crippen molar-refractivity contribution in [2.75, 3.05) is 0 Å². The summed E-state index contributed by atoms with van der Waals surface area (Å²) in [4.78, 5) is 24.2. The van der Waals surface area contributed by atoms with Crippen LogP contribution in [-0.2, 0) is 9.59 Å². The fraction of sp³-hybridized carbons (Fsp3) is 0.882. The van der Waals surface area contributed by atoms with E-state index in [9.17, 15) is 19.8 Å². The van der Waals surface area contributed by atoms with Crippen LogP contribution in [0.5, 0.6) is 0 Å². The summed E-state index contributed by atoms with van der Waals surface area (Å²) in [5.41, 5.74) is -2.24. The molecular formula is C17H30O4. The van der Waals surface area contributed by atoms with E-state index < -0.39 is 22.8 Å². The van der Waals surface area contributed by atoms with E-state index in [1.807, 2.05) is 13.8 Å². The van der Waals surface area contributed by atoms with Crippen molar-refractivity contribution in [1.82, 2.24) is 0 Å². The zero-order chi connectivity index (χ0) is 16.3. The number of carboxylic acid groups (broad SMARTS) is 2. The molecule has 0 aromatic carbocycles. The second-order valence-corrected chi connectivity index (χ2v) is 7.31. The van der Waals surface area contributed by atoms with Gasteiger partial charge in [0.25, 0.3) is 0 Å². The smallest absolute Gasteiger partial charge is 0.311 e. The second-order valence-electron chi connectivity index (χ2n) is 7.31. The van der Waals surface area contributed by atoms with Crippen molar-refractivity contribution in [2.24, 2.45) is 22.7 Å². The Bertz CT molecular complexity index is 388. The molecule has 0 amide bonds. The zero-order valence-corrected chi connectivity index (χ0v) is 13.8. The molecule has 1 aliphatic rings. The van der Waals surface area contributed by atoms with Crippen molar-refractivity contribution in [3.63, 3.8) is 0 Å². The third kappa shape index (κ3) is 3.09. The Labute approximate surface area is 127 Å². The van der Waals surface area contributed by atoms with E-state index in [0.29, 0.717) is 25.2 Å². The third-order valence-corrected chi connectivity index (χ3v) is 5.44. The molecule has 0 aliphatic heterocycles. The van der Waals surface area contributed by atoms with Crippen molar-refractivity contribution in [3.05, 3.63) is 0 Å². The maximum atomic E-state index is 12.1. The summed E-state index contributed by atoms with van der Waals surface area (Å²) in [6.07, 6.45) is 4.80. The fourth-order valence-corrected chi connectivity index (χ4v) is 4.26. The lowest BCUT2D eigenvalue weighted by molar-refractivity contribution is -0.187. The highest BCUT2D eigenvalue weighted by Crippen LogP contribution is 2.58. The summed E-state index contributed by atoms with van der Waals surface area (Å²) in [5, 5.41) is 19.8. The van der Waals surface area contributed by atoms with Gasteiger partial charge in [-0.25, -0.2) is 0 Å². The van der Waals surface area contributed by atoms with Crippen molar-refractivity contribution in [1.29, 1.82) is 0 Å². The van der Waals surface area contributed by atoms with E-state index in [-0.39, 0.29) is 5.92 Å². The summed E-state index contributed by atoms with van der Waals surface area (Å²) in [6.45, 7) is 7.95. The van der Waals surface area contributed by atoms with Gasteiger partial charge in [-0.05, 0) is 31.1 Å². The van der Waals surface area contributed by atoms with Gasteiger partial charge in [0, 0.05) is 0 Å². The first-order chi connectivity index (χ1) is 9.70. The van der Waals surface area contributed by atoms with Crippen molar-refractivity contribution in [2.45, 2.75) is 72.6 Å². The Morgan fingerprint density at radius 1 is 1.00 bits per heavy atom. The third-order valence-electron chi connectivity index (χ3n) is 5.44.